The van der Waals surface area contributed by atoms with Crippen LogP contribution < -0.4 is 21.2 Å². The first-order chi connectivity index (χ1) is 9.88. The predicted molar refractivity (Wildman–Crippen MR) is 81.5 cm³/mol. The Kier molecular flexibility index (Phi) is 7.96. The first-order valence-corrected chi connectivity index (χ1v) is 8.90. The fourth-order valence-corrected chi connectivity index (χ4v) is 3.79. The van der Waals surface area contributed by atoms with E-state index in [1.54, 1.807) is 0 Å². The molecule has 0 saturated carbocycles. The maximum absolute atomic E-state index is 7.17. The van der Waals surface area contributed by atoms with Gasteiger partial charge >= 0.3 is 122 Å². The average molecular weight is 399 g/mol. The zero-order valence-corrected chi connectivity index (χ0v) is 14.7. The van der Waals surface area contributed by atoms with Crippen molar-refractivity contribution in [1.29, 1.82) is 0 Å². The number of halogens is 1. The maximum Gasteiger partial charge on any atom is 0.631 e. The predicted octanol–water partition coefficient (Wildman–Crippen LogP) is -0.805. The summed E-state index contributed by atoms with van der Waals surface area (Å²) in [6.07, 6.45) is 0. The van der Waals surface area contributed by atoms with Crippen molar-refractivity contribution < 1.29 is 36.3 Å². The van der Waals surface area contributed by atoms with Gasteiger partial charge in [0.1, 0.15) is 0 Å². The number of rotatable bonds is 3. The molecule has 0 fully saturated rings. The van der Waals surface area contributed by atoms with E-state index in [1.807, 2.05) is 0 Å². The van der Waals surface area contributed by atoms with Gasteiger partial charge in [0, 0.05) is 0 Å². The van der Waals surface area contributed by atoms with Crippen LogP contribution >= 0.6 is 0 Å². The number of hydrogen-bond acceptors (Lipinski definition) is 3. The molecule has 0 aromatic heterocycles. The van der Waals surface area contributed by atoms with Gasteiger partial charge in [-0.25, -0.2) is 0 Å². The van der Waals surface area contributed by atoms with Gasteiger partial charge in [0.05, 0.1) is 0 Å². The third-order valence-corrected chi connectivity index (χ3v) is 5.45. The minimum absolute atomic E-state index is 0.0167. The first-order valence-electron chi connectivity index (χ1n) is 6.74. The fourth-order valence-electron chi connectivity index (χ4n) is 1.63. The van der Waals surface area contributed by atoms with Crippen molar-refractivity contribution in [3.05, 3.63) is 66.8 Å². The normalized spacial score (nSPS) is 10.2. The molecule has 0 radical (unpaired) electrons. The second kappa shape index (κ2) is 9.20. The van der Waals surface area contributed by atoms with E-state index in [0.717, 1.165) is 0 Å². The fraction of sp³-hybridized carbons (Fsp3) is 0.250. The van der Waals surface area contributed by atoms with Crippen LogP contribution in [-0.4, -0.2) is 22.4 Å². The van der Waals surface area contributed by atoms with E-state index in [9.17, 15) is 0 Å². The second-order valence-electron chi connectivity index (χ2n) is 4.94. The largest absolute Gasteiger partial charge is 0.631 e. The monoisotopic (exact) mass is 399 g/mol. The van der Waals surface area contributed by atoms with Crippen molar-refractivity contribution >= 4 is 7.32 Å². The summed E-state index contributed by atoms with van der Waals surface area (Å²) in [5, 5.41) is 21.5. The average Bonchev–Trinajstić information content (AvgIpc) is 2.41. The molecule has 0 unspecified atom stereocenters. The van der Waals surface area contributed by atoms with Gasteiger partial charge in [-0.1, -0.05) is 0 Å². The van der Waals surface area contributed by atoms with Crippen molar-refractivity contribution in [3.8, 4) is 0 Å². The van der Waals surface area contributed by atoms with E-state index >= 15 is 0 Å². The van der Waals surface area contributed by atoms with Crippen molar-refractivity contribution in [3.63, 3.8) is 0 Å². The molecule has 0 heterocycles. The molecule has 2 rings (SSSR count). The van der Waals surface area contributed by atoms with Gasteiger partial charge in [-0.05, 0) is 0 Å². The molecular formula is C16H21BIO3-. The molecule has 0 spiro atoms. The van der Waals surface area contributed by atoms with Crippen molar-refractivity contribution in [1.82, 2.24) is 0 Å². The first kappa shape index (κ1) is 18.2. The van der Waals surface area contributed by atoms with Gasteiger partial charge in [-0.3, -0.25) is 0 Å². The van der Waals surface area contributed by atoms with E-state index in [2.05, 4.69) is 69.3 Å². The van der Waals surface area contributed by atoms with Crippen LogP contribution in [0, 0.1) is 14.1 Å². The van der Waals surface area contributed by atoms with Crippen molar-refractivity contribution in [2.75, 3.05) is 0 Å². The molecule has 21 heavy (non-hydrogen) atoms. The Hall–Kier alpha value is -0.885. The molecule has 0 amide bonds. The number of aryl methyl sites for hydroxylation is 1. The van der Waals surface area contributed by atoms with E-state index in [-0.39, 0.29) is 21.2 Å². The molecule has 0 aliphatic carbocycles. The molecule has 0 atom stereocenters. The Morgan fingerprint density at radius 2 is 1.19 bits per heavy atom. The summed E-state index contributed by atoms with van der Waals surface area (Å²) in [7, 11) is -2.17. The molecule has 3 nitrogen and oxygen atoms in total. The van der Waals surface area contributed by atoms with Gasteiger partial charge in [0.15, 0.2) is 0 Å². The van der Waals surface area contributed by atoms with Crippen LogP contribution in [0.1, 0.15) is 30.9 Å². The summed E-state index contributed by atoms with van der Waals surface area (Å²) in [5.41, 5.74) is 2.77. The van der Waals surface area contributed by atoms with Gasteiger partial charge in [0.25, 0.3) is 0 Å². The summed E-state index contributed by atoms with van der Waals surface area (Å²) in [4.78, 5) is 0. The Balaban J connectivity index is 0.000000491. The van der Waals surface area contributed by atoms with Crippen LogP contribution in [0.25, 0.3) is 0 Å². The Bertz CT molecular complexity index is 521. The zero-order chi connectivity index (χ0) is 15.8. The van der Waals surface area contributed by atoms with Crippen LogP contribution in [0.2, 0.25) is 0 Å². The summed E-state index contributed by atoms with van der Waals surface area (Å²) >= 11 is -0.0167. The van der Waals surface area contributed by atoms with Crippen molar-refractivity contribution in [2.45, 2.75) is 26.7 Å². The maximum atomic E-state index is 7.17. The molecule has 5 heteroatoms. The molecular weight excluding hydrogens is 378 g/mol. The summed E-state index contributed by atoms with van der Waals surface area (Å²) in [6.45, 7) is 6.62. The van der Waals surface area contributed by atoms with E-state index in [0.29, 0.717) is 5.92 Å². The SMILES string of the molecule is Cc1ccc([I-]c2ccc(C(C)C)cc2)cc1.OB(O)O. The minimum Gasteiger partial charge on any atom is -0.402 e. The van der Waals surface area contributed by atoms with Crippen LogP contribution in [0.4, 0.5) is 0 Å². The summed E-state index contributed by atoms with van der Waals surface area (Å²) in [6, 6.07) is 18.1. The van der Waals surface area contributed by atoms with Gasteiger partial charge in [-0.15, -0.1) is 0 Å². The molecule has 3 N–H and O–H groups in total. The molecule has 2 aromatic rings. The Morgan fingerprint density at radius 1 is 0.810 bits per heavy atom. The Morgan fingerprint density at radius 3 is 1.57 bits per heavy atom. The minimum atomic E-state index is -2.17. The van der Waals surface area contributed by atoms with E-state index in [4.69, 9.17) is 15.1 Å². The van der Waals surface area contributed by atoms with Crippen molar-refractivity contribution in [2.24, 2.45) is 0 Å². The second-order valence-corrected chi connectivity index (χ2v) is 7.97. The third-order valence-electron chi connectivity index (χ3n) is 2.77. The summed E-state index contributed by atoms with van der Waals surface area (Å²) < 4.78 is 2.99. The van der Waals surface area contributed by atoms with Crippen LogP contribution in [0.3, 0.4) is 0 Å². The molecule has 0 aliphatic heterocycles. The molecule has 114 valence electrons. The topological polar surface area (TPSA) is 60.7 Å². The standard InChI is InChI=1S/C16H18I.BH3O3/c1-12(2)14-6-10-16(11-7-14)17-15-8-4-13(3)5-9-15;2-1(3)4/h4-12H,1-3H3;2-4H/q-1;. The van der Waals surface area contributed by atoms with Crippen LogP contribution in [0.15, 0.2) is 48.5 Å². The molecule has 0 aliphatic rings. The quantitative estimate of drug-likeness (QED) is 0.468. The Labute approximate surface area is 137 Å². The van der Waals surface area contributed by atoms with Gasteiger partial charge < -0.3 is 15.1 Å². The van der Waals surface area contributed by atoms with Crippen LogP contribution in [0.5, 0.6) is 0 Å². The van der Waals surface area contributed by atoms with Gasteiger partial charge in [-0.2, -0.15) is 0 Å². The van der Waals surface area contributed by atoms with Crippen LogP contribution in [-0.2, 0) is 0 Å². The number of benzene rings is 2. The van der Waals surface area contributed by atoms with Gasteiger partial charge in [0.2, 0.25) is 0 Å². The third kappa shape index (κ3) is 7.62. The summed E-state index contributed by atoms with van der Waals surface area (Å²) in [5.74, 6) is 0.627. The molecule has 0 saturated heterocycles. The van der Waals surface area contributed by atoms with E-state index in [1.165, 1.54) is 18.3 Å². The smallest absolute Gasteiger partial charge is 0.402 e. The number of hydrogen-bond donors (Lipinski definition) is 3. The molecule has 2 aromatic carbocycles. The molecule has 0 bridgehead atoms. The zero-order valence-electron chi connectivity index (χ0n) is 12.5. The van der Waals surface area contributed by atoms with E-state index < -0.39 is 7.32 Å².